The first-order chi connectivity index (χ1) is 6.25. The summed E-state index contributed by atoms with van der Waals surface area (Å²) in [6.07, 6.45) is 3.47. The van der Waals surface area contributed by atoms with E-state index in [-0.39, 0.29) is 0 Å². The first kappa shape index (κ1) is 10.9. The lowest BCUT2D eigenvalue weighted by atomic mass is 10.1. The maximum absolute atomic E-state index is 7.83. The molecule has 1 saturated heterocycles. The number of thioether (sulfide) groups is 1. The van der Waals surface area contributed by atoms with E-state index >= 15 is 0 Å². The summed E-state index contributed by atoms with van der Waals surface area (Å²) in [7, 11) is 0. The van der Waals surface area contributed by atoms with Gasteiger partial charge in [0.15, 0.2) is 0 Å². The van der Waals surface area contributed by atoms with Gasteiger partial charge in [-0.1, -0.05) is 6.92 Å². The minimum atomic E-state index is 0.553. The number of hydrogen-bond acceptors (Lipinski definition) is 2. The van der Waals surface area contributed by atoms with Gasteiger partial charge in [0.25, 0.3) is 0 Å². The topological polar surface area (TPSA) is 27.1 Å². The third-order valence-electron chi connectivity index (χ3n) is 2.50. The van der Waals surface area contributed by atoms with Crippen LogP contribution in [0.4, 0.5) is 0 Å². The molecule has 3 heteroatoms. The van der Waals surface area contributed by atoms with Crippen LogP contribution in [-0.2, 0) is 0 Å². The third kappa shape index (κ3) is 3.22. The van der Waals surface area contributed by atoms with Crippen LogP contribution in [0.15, 0.2) is 0 Å². The maximum Gasteiger partial charge on any atom is 0.0960 e. The van der Waals surface area contributed by atoms with Crippen LogP contribution in [-0.4, -0.2) is 34.8 Å². The minimum absolute atomic E-state index is 0.553. The van der Waals surface area contributed by atoms with Crippen molar-refractivity contribution >= 4 is 17.6 Å². The first-order valence-corrected chi connectivity index (χ1v) is 6.33. The van der Waals surface area contributed by atoms with Gasteiger partial charge >= 0.3 is 0 Å². The van der Waals surface area contributed by atoms with Crippen LogP contribution in [0.3, 0.4) is 0 Å². The molecule has 0 bridgehead atoms. The molecule has 1 fully saturated rings. The van der Waals surface area contributed by atoms with E-state index < -0.39 is 0 Å². The summed E-state index contributed by atoms with van der Waals surface area (Å²) in [5.74, 6) is 3.21. The van der Waals surface area contributed by atoms with Crippen molar-refractivity contribution in [3.05, 3.63) is 0 Å². The second kappa shape index (κ2) is 5.53. The quantitative estimate of drug-likeness (QED) is 0.755. The van der Waals surface area contributed by atoms with Gasteiger partial charge in [-0.25, -0.2) is 0 Å². The van der Waals surface area contributed by atoms with Gasteiger partial charge in [-0.15, -0.1) is 0 Å². The van der Waals surface area contributed by atoms with Gasteiger partial charge in [0, 0.05) is 24.8 Å². The largest absolute Gasteiger partial charge is 0.357 e. The molecule has 2 nitrogen and oxygen atoms in total. The Morgan fingerprint density at radius 2 is 2.31 bits per heavy atom. The summed E-state index contributed by atoms with van der Waals surface area (Å²) in [6, 6.07) is 0.553. The van der Waals surface area contributed by atoms with Crippen LogP contribution in [0.5, 0.6) is 0 Å². The Kier molecular flexibility index (Phi) is 4.64. The molecule has 0 saturated carbocycles. The summed E-state index contributed by atoms with van der Waals surface area (Å²) < 4.78 is 0. The van der Waals surface area contributed by atoms with Crippen LogP contribution >= 0.6 is 11.8 Å². The second-order valence-corrected chi connectivity index (χ2v) is 4.92. The molecule has 1 rings (SSSR count). The molecule has 0 aromatic rings. The molecule has 0 radical (unpaired) electrons. The van der Waals surface area contributed by atoms with E-state index in [1.807, 2.05) is 11.8 Å². The number of rotatable bonds is 4. The Hall–Kier alpha value is -0.180. The van der Waals surface area contributed by atoms with Crippen LogP contribution in [0, 0.1) is 5.41 Å². The molecule has 1 aliphatic heterocycles. The van der Waals surface area contributed by atoms with Crippen LogP contribution in [0.25, 0.3) is 0 Å². The Labute approximate surface area is 85.6 Å². The molecule has 0 aromatic carbocycles. The Bertz CT molecular complexity index is 170. The van der Waals surface area contributed by atoms with Gasteiger partial charge in [0.1, 0.15) is 0 Å². The average Bonchev–Trinajstić information content (AvgIpc) is 2.15. The fourth-order valence-corrected chi connectivity index (χ4v) is 2.47. The zero-order valence-corrected chi connectivity index (χ0v) is 9.49. The number of piperidine rings is 1. The van der Waals surface area contributed by atoms with E-state index in [1.165, 1.54) is 24.3 Å². The predicted octanol–water partition coefficient (Wildman–Crippen LogP) is 2.59. The Balaban J connectivity index is 2.34. The standard InChI is InChI=1S/C10H20N2S/c1-3-13-8-9(2)12-7-5-4-6-10(12)11/h9,11H,3-8H2,1-2H3. The van der Waals surface area contributed by atoms with E-state index in [9.17, 15) is 0 Å². The van der Waals surface area contributed by atoms with Crippen molar-refractivity contribution in [3.8, 4) is 0 Å². The monoisotopic (exact) mass is 200 g/mol. The first-order valence-electron chi connectivity index (χ1n) is 5.17. The summed E-state index contributed by atoms with van der Waals surface area (Å²) in [5.41, 5.74) is 0. The van der Waals surface area contributed by atoms with Gasteiger partial charge in [-0.05, 0) is 25.5 Å². The lowest BCUT2D eigenvalue weighted by Crippen LogP contribution is -2.42. The van der Waals surface area contributed by atoms with E-state index in [4.69, 9.17) is 5.41 Å². The van der Waals surface area contributed by atoms with Crippen molar-refractivity contribution in [1.29, 1.82) is 5.41 Å². The van der Waals surface area contributed by atoms with Gasteiger partial charge < -0.3 is 4.90 Å². The number of nitrogens with zero attached hydrogens (tertiary/aromatic N) is 1. The highest BCUT2D eigenvalue weighted by molar-refractivity contribution is 7.99. The van der Waals surface area contributed by atoms with Crippen LogP contribution < -0.4 is 0 Å². The smallest absolute Gasteiger partial charge is 0.0960 e. The SMILES string of the molecule is CCSCC(C)N1CCCCC1=N. The summed E-state index contributed by atoms with van der Waals surface area (Å²) >= 11 is 1.97. The van der Waals surface area contributed by atoms with E-state index in [0.717, 1.165) is 18.8 Å². The normalized spacial score (nSPS) is 20.5. The second-order valence-electron chi connectivity index (χ2n) is 3.61. The van der Waals surface area contributed by atoms with E-state index in [2.05, 4.69) is 18.7 Å². The van der Waals surface area contributed by atoms with Gasteiger partial charge in [0.05, 0.1) is 5.84 Å². The molecule has 1 N–H and O–H groups in total. The zero-order valence-electron chi connectivity index (χ0n) is 8.68. The number of hydrogen-bond donors (Lipinski definition) is 1. The molecule has 0 aromatic heterocycles. The van der Waals surface area contributed by atoms with Crippen LogP contribution in [0.1, 0.15) is 33.1 Å². The molecule has 0 spiro atoms. The summed E-state index contributed by atoms with van der Waals surface area (Å²) in [6.45, 7) is 5.53. The van der Waals surface area contributed by atoms with Crippen molar-refractivity contribution in [1.82, 2.24) is 4.90 Å². The van der Waals surface area contributed by atoms with E-state index in [0.29, 0.717) is 6.04 Å². The number of likely N-dealkylation sites (tertiary alicyclic amines) is 1. The Morgan fingerprint density at radius 3 is 2.92 bits per heavy atom. The summed E-state index contributed by atoms with van der Waals surface area (Å²) in [5, 5.41) is 7.83. The highest BCUT2D eigenvalue weighted by Gasteiger charge is 2.19. The van der Waals surface area contributed by atoms with Gasteiger partial charge in [-0.2, -0.15) is 11.8 Å². The number of nitrogens with one attached hydrogen (secondary N) is 1. The van der Waals surface area contributed by atoms with Crippen LogP contribution in [0.2, 0.25) is 0 Å². The molecular formula is C10H20N2S. The summed E-state index contributed by atoms with van der Waals surface area (Å²) in [4.78, 5) is 2.27. The molecule has 76 valence electrons. The highest BCUT2D eigenvalue weighted by Crippen LogP contribution is 2.16. The molecule has 0 amide bonds. The van der Waals surface area contributed by atoms with Crippen molar-refractivity contribution in [3.63, 3.8) is 0 Å². The van der Waals surface area contributed by atoms with E-state index in [1.54, 1.807) is 0 Å². The van der Waals surface area contributed by atoms with Crippen molar-refractivity contribution in [2.75, 3.05) is 18.1 Å². The van der Waals surface area contributed by atoms with Crippen molar-refractivity contribution < 1.29 is 0 Å². The van der Waals surface area contributed by atoms with Gasteiger partial charge in [-0.3, -0.25) is 5.41 Å². The average molecular weight is 200 g/mol. The molecule has 1 unspecified atom stereocenters. The fraction of sp³-hybridized carbons (Fsp3) is 0.900. The molecule has 1 aliphatic rings. The Morgan fingerprint density at radius 1 is 1.54 bits per heavy atom. The maximum atomic E-state index is 7.83. The van der Waals surface area contributed by atoms with Crippen molar-refractivity contribution in [2.45, 2.75) is 39.2 Å². The highest BCUT2D eigenvalue weighted by atomic mass is 32.2. The molecular weight excluding hydrogens is 180 g/mol. The number of amidine groups is 1. The molecule has 1 heterocycles. The third-order valence-corrected chi connectivity index (χ3v) is 3.63. The zero-order chi connectivity index (χ0) is 9.68. The lowest BCUT2D eigenvalue weighted by Gasteiger charge is -2.34. The van der Waals surface area contributed by atoms with Gasteiger partial charge in [0.2, 0.25) is 0 Å². The molecule has 0 aliphatic carbocycles. The lowest BCUT2D eigenvalue weighted by molar-refractivity contribution is 0.315. The molecule has 13 heavy (non-hydrogen) atoms. The predicted molar refractivity (Wildman–Crippen MR) is 60.7 cm³/mol. The fourth-order valence-electron chi connectivity index (χ4n) is 1.72. The minimum Gasteiger partial charge on any atom is -0.357 e. The van der Waals surface area contributed by atoms with Crippen molar-refractivity contribution in [2.24, 2.45) is 0 Å². The molecule has 1 atom stereocenters.